The van der Waals surface area contributed by atoms with E-state index in [1.807, 2.05) is 0 Å². The van der Waals surface area contributed by atoms with Gasteiger partial charge < -0.3 is 5.32 Å². The number of rotatable bonds is 9. The van der Waals surface area contributed by atoms with Crippen LogP contribution in [0, 0.1) is 5.92 Å². The smallest absolute Gasteiger partial charge is 0.0133 e. The predicted octanol–water partition coefficient (Wildman–Crippen LogP) is 5.16. The monoisotopic (exact) mass is 275 g/mol. The van der Waals surface area contributed by atoms with Crippen LogP contribution in [0.2, 0.25) is 0 Å². The van der Waals surface area contributed by atoms with Crippen LogP contribution in [-0.2, 0) is 6.42 Å². The summed E-state index contributed by atoms with van der Waals surface area (Å²) in [6, 6.07) is 9.83. The van der Waals surface area contributed by atoms with Crippen LogP contribution in [0.15, 0.2) is 24.3 Å². The minimum atomic E-state index is 0.611. The molecule has 114 valence electrons. The molecule has 0 aliphatic heterocycles. The fraction of sp³-hybridized carbons (Fsp3) is 0.684. The van der Waals surface area contributed by atoms with Gasteiger partial charge in [0.2, 0.25) is 0 Å². The molecule has 0 aliphatic carbocycles. The number of nitrogens with one attached hydrogen (secondary N) is 1. The Bertz CT molecular complexity index is 347. The second-order valence-electron chi connectivity index (χ2n) is 6.33. The van der Waals surface area contributed by atoms with E-state index in [0.717, 1.165) is 12.3 Å². The van der Waals surface area contributed by atoms with Gasteiger partial charge >= 0.3 is 0 Å². The Morgan fingerprint density at radius 3 is 1.90 bits per heavy atom. The molecule has 1 atom stereocenters. The molecule has 1 heteroatoms. The van der Waals surface area contributed by atoms with E-state index in [1.165, 1.54) is 36.8 Å². The molecule has 1 aromatic rings. The average molecular weight is 275 g/mol. The first-order valence-electron chi connectivity index (χ1n) is 8.38. The molecule has 0 saturated carbocycles. The van der Waals surface area contributed by atoms with Gasteiger partial charge in [-0.2, -0.15) is 0 Å². The van der Waals surface area contributed by atoms with Crippen molar-refractivity contribution < 1.29 is 0 Å². The minimum absolute atomic E-state index is 0.611. The molecule has 1 aromatic carbocycles. The third kappa shape index (κ3) is 5.28. The first-order valence-corrected chi connectivity index (χ1v) is 8.38. The molecule has 1 rings (SSSR count). The van der Waals surface area contributed by atoms with Crippen LogP contribution in [0.3, 0.4) is 0 Å². The molecular formula is C19H33N. The van der Waals surface area contributed by atoms with E-state index < -0.39 is 0 Å². The summed E-state index contributed by atoms with van der Waals surface area (Å²) in [5.41, 5.74) is 2.90. The van der Waals surface area contributed by atoms with Crippen molar-refractivity contribution in [3.63, 3.8) is 0 Å². The Balaban J connectivity index is 2.70. The Hall–Kier alpha value is -0.820. The quantitative estimate of drug-likeness (QED) is 0.656. The highest BCUT2D eigenvalue weighted by molar-refractivity contribution is 5.25. The molecule has 0 fully saturated rings. The summed E-state index contributed by atoms with van der Waals surface area (Å²) < 4.78 is 0. The van der Waals surface area contributed by atoms with Crippen LogP contribution in [-0.4, -0.2) is 13.1 Å². The average Bonchev–Trinajstić information content (AvgIpc) is 2.45. The van der Waals surface area contributed by atoms with Gasteiger partial charge in [0.15, 0.2) is 0 Å². The first-order chi connectivity index (χ1) is 9.62. The van der Waals surface area contributed by atoms with Gasteiger partial charge in [0.1, 0.15) is 0 Å². The molecular weight excluding hydrogens is 242 g/mol. The third-order valence-electron chi connectivity index (χ3n) is 4.36. The van der Waals surface area contributed by atoms with Gasteiger partial charge in [0, 0.05) is 6.04 Å². The van der Waals surface area contributed by atoms with Crippen LogP contribution in [0.1, 0.15) is 70.4 Å². The zero-order valence-electron chi connectivity index (χ0n) is 14.1. The van der Waals surface area contributed by atoms with Crippen molar-refractivity contribution in [1.82, 2.24) is 5.32 Å². The van der Waals surface area contributed by atoms with E-state index in [2.05, 4.69) is 64.3 Å². The van der Waals surface area contributed by atoms with Gasteiger partial charge in [0.05, 0.1) is 0 Å². The van der Waals surface area contributed by atoms with Gasteiger partial charge in [-0.3, -0.25) is 0 Å². The van der Waals surface area contributed by atoms with Crippen LogP contribution >= 0.6 is 0 Å². The molecule has 0 bridgehead atoms. The standard InChI is InChI=1S/C19H33N/c1-6-8-18(9-7-2)19(20-5)14-16-10-12-17(13-11-16)15(3)4/h10-13,15,18-20H,6-9,14H2,1-5H3. The molecule has 0 radical (unpaired) electrons. The molecule has 1 nitrogen and oxygen atoms in total. The molecule has 0 aromatic heterocycles. The summed E-state index contributed by atoms with van der Waals surface area (Å²) in [6.45, 7) is 9.10. The Morgan fingerprint density at radius 1 is 0.950 bits per heavy atom. The Kier molecular flexibility index (Phi) is 7.91. The fourth-order valence-corrected chi connectivity index (χ4v) is 3.09. The highest BCUT2D eigenvalue weighted by atomic mass is 14.9. The Morgan fingerprint density at radius 2 is 1.50 bits per heavy atom. The van der Waals surface area contributed by atoms with E-state index in [9.17, 15) is 0 Å². The molecule has 20 heavy (non-hydrogen) atoms. The molecule has 0 spiro atoms. The highest BCUT2D eigenvalue weighted by Gasteiger charge is 2.18. The number of hydrogen-bond acceptors (Lipinski definition) is 1. The molecule has 1 N–H and O–H groups in total. The van der Waals surface area contributed by atoms with E-state index >= 15 is 0 Å². The summed E-state index contributed by atoms with van der Waals surface area (Å²) >= 11 is 0. The second-order valence-corrected chi connectivity index (χ2v) is 6.33. The largest absolute Gasteiger partial charge is 0.316 e. The van der Waals surface area contributed by atoms with Crippen molar-refractivity contribution in [2.45, 2.75) is 71.8 Å². The van der Waals surface area contributed by atoms with Crippen molar-refractivity contribution in [2.24, 2.45) is 5.92 Å². The van der Waals surface area contributed by atoms with Crippen molar-refractivity contribution >= 4 is 0 Å². The lowest BCUT2D eigenvalue weighted by molar-refractivity contribution is 0.322. The maximum absolute atomic E-state index is 3.56. The van der Waals surface area contributed by atoms with E-state index in [1.54, 1.807) is 0 Å². The van der Waals surface area contributed by atoms with Crippen molar-refractivity contribution in [2.75, 3.05) is 7.05 Å². The van der Waals surface area contributed by atoms with Gasteiger partial charge in [-0.05, 0) is 49.3 Å². The summed E-state index contributed by atoms with van der Waals surface area (Å²) in [7, 11) is 2.12. The normalized spacial score (nSPS) is 13.2. The summed E-state index contributed by atoms with van der Waals surface area (Å²) in [5.74, 6) is 1.43. The number of hydrogen-bond donors (Lipinski definition) is 1. The SMILES string of the molecule is CCCC(CCC)C(Cc1ccc(C(C)C)cc1)NC. The topological polar surface area (TPSA) is 12.0 Å². The lowest BCUT2D eigenvalue weighted by Gasteiger charge is -2.27. The van der Waals surface area contributed by atoms with Crippen molar-refractivity contribution in [1.29, 1.82) is 0 Å². The molecule has 0 saturated heterocycles. The molecule has 0 amide bonds. The van der Waals surface area contributed by atoms with Crippen LogP contribution in [0.4, 0.5) is 0 Å². The Labute approximate surface area is 126 Å². The van der Waals surface area contributed by atoms with Crippen LogP contribution in [0.5, 0.6) is 0 Å². The van der Waals surface area contributed by atoms with Crippen molar-refractivity contribution in [3.05, 3.63) is 35.4 Å². The number of likely N-dealkylation sites (N-methyl/N-ethyl adjacent to an activating group) is 1. The van der Waals surface area contributed by atoms with E-state index in [4.69, 9.17) is 0 Å². The summed E-state index contributed by atoms with van der Waals surface area (Å²) in [5, 5.41) is 3.56. The third-order valence-corrected chi connectivity index (χ3v) is 4.36. The molecule has 1 unspecified atom stereocenters. The van der Waals surface area contributed by atoms with Gasteiger partial charge in [-0.25, -0.2) is 0 Å². The predicted molar refractivity (Wildman–Crippen MR) is 90.4 cm³/mol. The van der Waals surface area contributed by atoms with E-state index in [-0.39, 0.29) is 0 Å². The van der Waals surface area contributed by atoms with Crippen molar-refractivity contribution in [3.8, 4) is 0 Å². The van der Waals surface area contributed by atoms with Gasteiger partial charge in [-0.1, -0.05) is 64.8 Å². The lowest BCUT2D eigenvalue weighted by atomic mass is 9.86. The van der Waals surface area contributed by atoms with E-state index in [0.29, 0.717) is 12.0 Å². The highest BCUT2D eigenvalue weighted by Crippen LogP contribution is 2.22. The van der Waals surface area contributed by atoms with Crippen LogP contribution < -0.4 is 5.32 Å². The zero-order valence-corrected chi connectivity index (χ0v) is 14.1. The van der Waals surface area contributed by atoms with Gasteiger partial charge in [0.25, 0.3) is 0 Å². The summed E-state index contributed by atoms with van der Waals surface area (Å²) in [4.78, 5) is 0. The fourth-order valence-electron chi connectivity index (χ4n) is 3.09. The second kappa shape index (κ2) is 9.18. The maximum atomic E-state index is 3.56. The van der Waals surface area contributed by atoms with Crippen LogP contribution in [0.25, 0.3) is 0 Å². The summed E-state index contributed by atoms with van der Waals surface area (Å²) in [6.07, 6.45) is 6.40. The van der Waals surface area contributed by atoms with Gasteiger partial charge in [-0.15, -0.1) is 0 Å². The lowest BCUT2D eigenvalue weighted by Crippen LogP contribution is -2.35. The maximum Gasteiger partial charge on any atom is 0.0133 e. The zero-order chi connectivity index (χ0) is 15.0. The first kappa shape index (κ1) is 17.2. The molecule has 0 aliphatic rings. The molecule has 0 heterocycles. The number of benzene rings is 1. The minimum Gasteiger partial charge on any atom is -0.316 e.